The van der Waals surface area contributed by atoms with Crippen LogP contribution in [0.4, 0.5) is 5.69 Å². The number of hydrogen-bond acceptors (Lipinski definition) is 5. The molecule has 3 aromatic rings. The van der Waals surface area contributed by atoms with Crippen molar-refractivity contribution < 1.29 is 4.79 Å². The highest BCUT2D eigenvalue weighted by Gasteiger charge is 2.37. The summed E-state index contributed by atoms with van der Waals surface area (Å²) in [6.07, 6.45) is 0.745. The summed E-state index contributed by atoms with van der Waals surface area (Å²) in [4.78, 5) is 13.0. The van der Waals surface area contributed by atoms with Gasteiger partial charge in [0.1, 0.15) is 5.25 Å². The molecule has 2 N–H and O–H groups in total. The molecule has 4 rings (SSSR count). The number of aryl methyl sites for hydroxylation is 1. The summed E-state index contributed by atoms with van der Waals surface area (Å²) in [6, 6.07) is 16.7. The van der Waals surface area contributed by atoms with Gasteiger partial charge in [-0.05, 0) is 29.8 Å². The van der Waals surface area contributed by atoms with Crippen LogP contribution in [0.1, 0.15) is 24.4 Å². The van der Waals surface area contributed by atoms with E-state index in [1.807, 2.05) is 66.2 Å². The molecule has 0 fully saturated rings. The third-order valence-corrected chi connectivity index (χ3v) is 5.82. The highest BCUT2D eigenvalue weighted by Crippen LogP contribution is 2.37. The standard InChI is InChI=1S/C19H18ClN5OS/c1-2-15-22-23-19-25(15)24-16(12-8-10-13(20)11-9-12)17(27-19)18(26)21-14-6-4-3-5-7-14/h3-11,16-17,24H,2H2,1H3,(H,21,26)/t16-,17-/m0/s1. The predicted octanol–water partition coefficient (Wildman–Crippen LogP) is 3.89. The summed E-state index contributed by atoms with van der Waals surface area (Å²) in [5, 5.41) is 12.4. The normalized spacial score (nSPS) is 18.4. The minimum atomic E-state index is -0.409. The number of amides is 1. The Hall–Kier alpha value is -2.51. The largest absolute Gasteiger partial charge is 0.325 e. The van der Waals surface area contributed by atoms with Gasteiger partial charge in [-0.1, -0.05) is 60.6 Å². The molecule has 2 aromatic carbocycles. The fraction of sp³-hybridized carbons (Fsp3) is 0.211. The van der Waals surface area contributed by atoms with Gasteiger partial charge in [0.25, 0.3) is 0 Å². The fourth-order valence-electron chi connectivity index (χ4n) is 2.98. The zero-order chi connectivity index (χ0) is 18.8. The van der Waals surface area contributed by atoms with Gasteiger partial charge in [-0.15, -0.1) is 10.2 Å². The average molecular weight is 400 g/mol. The van der Waals surface area contributed by atoms with Gasteiger partial charge in [-0.3, -0.25) is 4.79 Å². The zero-order valence-corrected chi connectivity index (χ0v) is 16.2. The van der Waals surface area contributed by atoms with Crippen LogP contribution in [0.5, 0.6) is 0 Å². The number of fused-ring (bicyclic) bond motifs is 1. The Kier molecular flexibility index (Phi) is 5.05. The summed E-state index contributed by atoms with van der Waals surface area (Å²) >= 11 is 7.45. The predicted molar refractivity (Wildman–Crippen MR) is 108 cm³/mol. The first-order valence-corrected chi connectivity index (χ1v) is 9.90. The van der Waals surface area contributed by atoms with Crippen molar-refractivity contribution >= 4 is 35.0 Å². The van der Waals surface area contributed by atoms with Crippen LogP contribution >= 0.6 is 23.4 Å². The van der Waals surface area contributed by atoms with Crippen LogP contribution in [0.25, 0.3) is 0 Å². The SMILES string of the molecule is CCc1nnc2n1N[C@@H](c1ccc(Cl)cc1)[C@@H](C(=O)Nc1ccccc1)S2. The summed E-state index contributed by atoms with van der Waals surface area (Å²) < 4.78 is 1.87. The second-order valence-corrected chi connectivity index (χ2v) is 7.68. The van der Waals surface area contributed by atoms with Crippen LogP contribution in [0, 0.1) is 0 Å². The lowest BCUT2D eigenvalue weighted by atomic mass is 10.0. The van der Waals surface area contributed by atoms with Crippen molar-refractivity contribution in [3.63, 3.8) is 0 Å². The molecule has 1 aliphatic heterocycles. The second kappa shape index (κ2) is 7.62. The maximum Gasteiger partial charge on any atom is 0.240 e. The Labute approximate surface area is 166 Å². The van der Waals surface area contributed by atoms with Crippen molar-refractivity contribution in [1.82, 2.24) is 14.9 Å². The first kappa shape index (κ1) is 17.9. The molecule has 0 spiro atoms. The van der Waals surface area contributed by atoms with E-state index in [4.69, 9.17) is 11.6 Å². The van der Waals surface area contributed by atoms with Gasteiger partial charge >= 0.3 is 0 Å². The Morgan fingerprint density at radius 1 is 1.19 bits per heavy atom. The molecule has 27 heavy (non-hydrogen) atoms. The van der Waals surface area contributed by atoms with Crippen LogP contribution < -0.4 is 10.7 Å². The van der Waals surface area contributed by atoms with Gasteiger partial charge in [0.05, 0.1) is 6.04 Å². The van der Waals surface area contributed by atoms with E-state index >= 15 is 0 Å². The molecular formula is C19H18ClN5OS. The van der Waals surface area contributed by atoms with Gasteiger partial charge in [-0.2, -0.15) is 0 Å². The van der Waals surface area contributed by atoms with Crippen LogP contribution in [0.2, 0.25) is 5.02 Å². The zero-order valence-electron chi connectivity index (χ0n) is 14.6. The van der Waals surface area contributed by atoms with E-state index in [9.17, 15) is 4.79 Å². The number of anilines is 1. The van der Waals surface area contributed by atoms with E-state index in [0.717, 1.165) is 23.5 Å². The quantitative estimate of drug-likeness (QED) is 0.696. The van der Waals surface area contributed by atoms with Gasteiger partial charge in [0.15, 0.2) is 5.82 Å². The number of aromatic nitrogens is 3. The Morgan fingerprint density at radius 3 is 2.63 bits per heavy atom. The number of carbonyl (C=O) groups excluding carboxylic acids is 1. The molecule has 8 heteroatoms. The molecule has 138 valence electrons. The highest BCUT2D eigenvalue weighted by molar-refractivity contribution is 8.00. The van der Waals surface area contributed by atoms with Crippen LogP contribution in [-0.4, -0.2) is 26.0 Å². The van der Waals surface area contributed by atoms with Crippen LogP contribution in [-0.2, 0) is 11.2 Å². The summed E-state index contributed by atoms with van der Waals surface area (Å²) in [7, 11) is 0. The maximum atomic E-state index is 13.0. The first-order valence-electron chi connectivity index (χ1n) is 8.64. The van der Waals surface area contributed by atoms with Crippen molar-refractivity contribution in [3.05, 3.63) is 71.0 Å². The molecule has 0 radical (unpaired) electrons. The van der Waals surface area contributed by atoms with Crippen molar-refractivity contribution in [3.8, 4) is 0 Å². The number of carbonyl (C=O) groups is 1. The van der Waals surface area contributed by atoms with Crippen molar-refractivity contribution in [1.29, 1.82) is 0 Å². The number of nitrogens with one attached hydrogen (secondary N) is 2. The third kappa shape index (κ3) is 3.65. The van der Waals surface area contributed by atoms with Gasteiger partial charge in [0.2, 0.25) is 11.1 Å². The summed E-state index contributed by atoms with van der Waals surface area (Å²) in [5.74, 6) is 0.740. The molecule has 0 saturated carbocycles. The lowest BCUT2D eigenvalue weighted by molar-refractivity contribution is -0.116. The number of halogens is 1. The Balaban J connectivity index is 1.67. The molecule has 0 aliphatic carbocycles. The number of benzene rings is 2. The van der Waals surface area contributed by atoms with Crippen LogP contribution in [0.3, 0.4) is 0 Å². The van der Waals surface area contributed by atoms with Gasteiger partial charge in [0, 0.05) is 17.1 Å². The van der Waals surface area contributed by atoms with Crippen molar-refractivity contribution in [2.24, 2.45) is 0 Å². The smallest absolute Gasteiger partial charge is 0.240 e. The van der Waals surface area contributed by atoms with Crippen LogP contribution in [0.15, 0.2) is 59.8 Å². The molecule has 6 nitrogen and oxygen atoms in total. The van der Waals surface area contributed by atoms with Gasteiger partial charge < -0.3 is 10.7 Å². The lowest BCUT2D eigenvalue weighted by Crippen LogP contribution is -2.41. The van der Waals surface area contributed by atoms with E-state index < -0.39 is 5.25 Å². The average Bonchev–Trinajstić information content (AvgIpc) is 3.10. The number of hydrogen-bond donors (Lipinski definition) is 2. The fourth-order valence-corrected chi connectivity index (χ4v) is 4.21. The number of nitrogens with zero attached hydrogens (tertiary/aromatic N) is 3. The number of thioether (sulfide) groups is 1. The summed E-state index contributed by atoms with van der Waals surface area (Å²) in [5.41, 5.74) is 5.15. The van der Waals surface area contributed by atoms with Crippen molar-refractivity contribution in [2.45, 2.75) is 29.8 Å². The minimum absolute atomic E-state index is 0.0917. The molecule has 0 saturated heterocycles. The molecule has 2 heterocycles. The van der Waals surface area contributed by atoms with E-state index in [1.165, 1.54) is 11.8 Å². The Bertz CT molecular complexity index is 944. The lowest BCUT2D eigenvalue weighted by Gasteiger charge is -2.33. The van der Waals surface area contributed by atoms with E-state index in [1.54, 1.807) is 0 Å². The van der Waals surface area contributed by atoms with E-state index in [0.29, 0.717) is 10.2 Å². The Morgan fingerprint density at radius 2 is 1.93 bits per heavy atom. The molecule has 1 amide bonds. The van der Waals surface area contributed by atoms with Crippen molar-refractivity contribution in [2.75, 3.05) is 10.7 Å². The topological polar surface area (TPSA) is 71.8 Å². The monoisotopic (exact) mass is 399 g/mol. The summed E-state index contributed by atoms with van der Waals surface area (Å²) in [6.45, 7) is 2.02. The molecule has 1 aromatic heterocycles. The number of para-hydroxylation sites is 1. The number of rotatable bonds is 4. The molecule has 0 bridgehead atoms. The third-order valence-electron chi connectivity index (χ3n) is 4.35. The van der Waals surface area contributed by atoms with Gasteiger partial charge in [-0.25, -0.2) is 4.68 Å². The highest BCUT2D eigenvalue weighted by atomic mass is 35.5. The molecule has 0 unspecified atom stereocenters. The first-order chi connectivity index (χ1) is 13.2. The molecule has 1 aliphatic rings. The maximum absolute atomic E-state index is 13.0. The minimum Gasteiger partial charge on any atom is -0.325 e. The van der Waals surface area contributed by atoms with E-state index in [-0.39, 0.29) is 11.9 Å². The van der Waals surface area contributed by atoms with E-state index in [2.05, 4.69) is 20.9 Å². The molecule has 2 atom stereocenters. The second-order valence-electron chi connectivity index (χ2n) is 6.14. The molecular weight excluding hydrogens is 382 g/mol.